The summed E-state index contributed by atoms with van der Waals surface area (Å²) in [6.45, 7) is 7.63. The van der Waals surface area contributed by atoms with Gasteiger partial charge in [-0.15, -0.1) is 0 Å². The summed E-state index contributed by atoms with van der Waals surface area (Å²) in [5.41, 5.74) is 3.49. The van der Waals surface area contributed by atoms with E-state index in [1.807, 2.05) is 19.9 Å². The summed E-state index contributed by atoms with van der Waals surface area (Å²) in [5, 5.41) is 3.20. The van der Waals surface area contributed by atoms with Gasteiger partial charge in [-0.1, -0.05) is 12.1 Å². The summed E-state index contributed by atoms with van der Waals surface area (Å²) < 4.78 is 11.4. The minimum Gasteiger partial charge on any atom is -0.491 e. The first-order valence-electron chi connectivity index (χ1n) is 11.6. The predicted molar refractivity (Wildman–Crippen MR) is 130 cm³/mol. The average Bonchev–Trinajstić information content (AvgIpc) is 2.82. The molecule has 0 saturated carbocycles. The Balaban J connectivity index is 1.43. The molecule has 0 spiro atoms. The summed E-state index contributed by atoms with van der Waals surface area (Å²) >= 11 is 0. The Bertz CT molecular complexity index is 1030. The third kappa shape index (κ3) is 6.49. The lowest BCUT2D eigenvalue weighted by Crippen LogP contribution is -2.34. The highest BCUT2D eigenvalue weighted by molar-refractivity contribution is 5.47. The molecule has 1 N–H and O–H groups in total. The number of aromatic nitrogens is 3. The summed E-state index contributed by atoms with van der Waals surface area (Å²) in [7, 11) is 1.72. The minimum atomic E-state index is 0.139. The van der Waals surface area contributed by atoms with Crippen molar-refractivity contribution in [3.05, 3.63) is 71.7 Å². The maximum absolute atomic E-state index is 5.95. The topological polar surface area (TPSA) is 72.4 Å². The molecule has 0 aliphatic carbocycles. The second-order valence-corrected chi connectivity index (χ2v) is 8.76. The molecule has 7 nitrogen and oxygen atoms in total. The van der Waals surface area contributed by atoms with E-state index in [0.29, 0.717) is 18.5 Å². The van der Waals surface area contributed by atoms with Crippen LogP contribution >= 0.6 is 0 Å². The van der Waals surface area contributed by atoms with Gasteiger partial charge < -0.3 is 14.8 Å². The van der Waals surface area contributed by atoms with E-state index in [2.05, 4.69) is 50.5 Å². The molecule has 1 saturated heterocycles. The fourth-order valence-corrected chi connectivity index (χ4v) is 4.29. The summed E-state index contributed by atoms with van der Waals surface area (Å²) in [6, 6.07) is 14.4. The van der Waals surface area contributed by atoms with Crippen LogP contribution in [0.1, 0.15) is 49.4 Å². The van der Waals surface area contributed by atoms with Crippen molar-refractivity contribution in [1.82, 2.24) is 19.9 Å². The molecule has 0 amide bonds. The number of anilines is 2. The Morgan fingerprint density at radius 1 is 1.12 bits per heavy atom. The quantitative estimate of drug-likeness (QED) is 0.499. The number of hydrogen-bond donors (Lipinski definition) is 1. The number of piperidine rings is 1. The summed E-state index contributed by atoms with van der Waals surface area (Å²) in [5.74, 6) is 2.65. The Labute approximate surface area is 196 Å². The first-order chi connectivity index (χ1) is 16.1. The van der Waals surface area contributed by atoms with Gasteiger partial charge in [0.15, 0.2) is 0 Å². The van der Waals surface area contributed by atoms with Crippen molar-refractivity contribution in [3.8, 4) is 5.75 Å². The Morgan fingerprint density at radius 2 is 1.97 bits per heavy atom. The standard InChI is InChI=1S/C26H33N5O2/c1-19(2)33-24-11-10-20(15-22(24)18-32-3)16-31-14-5-7-21(17-31)23-8-4-9-25(29-23)30-26-27-12-6-13-28-26/h4,6,8-13,15,19,21H,5,7,14,16-18H2,1-3H3,(H,27,28,29,30). The van der Waals surface area contributed by atoms with Gasteiger partial charge in [-0.25, -0.2) is 15.0 Å². The van der Waals surface area contributed by atoms with Gasteiger partial charge in [-0.3, -0.25) is 4.90 Å². The molecule has 2 aromatic heterocycles. The highest BCUT2D eigenvalue weighted by Crippen LogP contribution is 2.29. The third-order valence-corrected chi connectivity index (χ3v) is 5.69. The van der Waals surface area contributed by atoms with Crippen LogP contribution in [0.15, 0.2) is 54.9 Å². The number of pyridine rings is 1. The zero-order valence-corrected chi connectivity index (χ0v) is 19.7. The second kappa shape index (κ2) is 11.2. The van der Waals surface area contributed by atoms with Crippen molar-refractivity contribution in [3.63, 3.8) is 0 Å². The molecular formula is C26H33N5O2. The van der Waals surface area contributed by atoms with E-state index in [0.717, 1.165) is 55.3 Å². The van der Waals surface area contributed by atoms with Crippen LogP contribution in [-0.4, -0.2) is 46.2 Å². The number of benzene rings is 1. The molecule has 0 bridgehead atoms. The predicted octanol–water partition coefficient (Wildman–Crippen LogP) is 4.93. The molecular weight excluding hydrogens is 414 g/mol. The van der Waals surface area contributed by atoms with Crippen LogP contribution in [0, 0.1) is 0 Å². The van der Waals surface area contributed by atoms with E-state index in [9.17, 15) is 0 Å². The van der Waals surface area contributed by atoms with E-state index >= 15 is 0 Å². The van der Waals surface area contributed by atoms with Gasteiger partial charge in [0.25, 0.3) is 0 Å². The van der Waals surface area contributed by atoms with E-state index in [1.54, 1.807) is 25.6 Å². The highest BCUT2D eigenvalue weighted by Gasteiger charge is 2.23. The molecule has 1 aromatic carbocycles. The lowest BCUT2D eigenvalue weighted by Gasteiger charge is -2.32. The summed E-state index contributed by atoms with van der Waals surface area (Å²) in [4.78, 5) is 15.8. The van der Waals surface area contributed by atoms with Gasteiger partial charge in [-0.2, -0.15) is 0 Å². The maximum atomic E-state index is 5.95. The van der Waals surface area contributed by atoms with Crippen molar-refractivity contribution in [2.45, 2.75) is 51.9 Å². The SMILES string of the molecule is COCc1cc(CN2CCCC(c3cccc(Nc4ncccn4)n3)C2)ccc1OC(C)C. The normalized spacial score (nSPS) is 16.7. The number of methoxy groups -OCH3 is 1. The second-order valence-electron chi connectivity index (χ2n) is 8.76. The lowest BCUT2D eigenvalue weighted by molar-refractivity contribution is 0.174. The first-order valence-corrected chi connectivity index (χ1v) is 11.6. The number of hydrogen-bond acceptors (Lipinski definition) is 7. The molecule has 1 atom stereocenters. The van der Waals surface area contributed by atoms with Gasteiger partial charge in [0.1, 0.15) is 11.6 Å². The van der Waals surface area contributed by atoms with Gasteiger partial charge >= 0.3 is 0 Å². The van der Waals surface area contributed by atoms with E-state index in [-0.39, 0.29) is 6.10 Å². The fourth-order valence-electron chi connectivity index (χ4n) is 4.29. The zero-order valence-electron chi connectivity index (χ0n) is 19.7. The van der Waals surface area contributed by atoms with Crippen LogP contribution in [-0.2, 0) is 17.9 Å². The molecule has 174 valence electrons. The molecule has 3 aromatic rings. The number of nitrogens with one attached hydrogen (secondary N) is 1. The van der Waals surface area contributed by atoms with Crippen molar-refractivity contribution in [2.75, 3.05) is 25.5 Å². The monoisotopic (exact) mass is 447 g/mol. The van der Waals surface area contributed by atoms with Gasteiger partial charge in [-0.05, 0) is 69.1 Å². The van der Waals surface area contributed by atoms with Crippen LogP contribution in [0.25, 0.3) is 0 Å². The Morgan fingerprint density at radius 3 is 2.76 bits per heavy atom. The number of rotatable bonds is 9. The lowest BCUT2D eigenvalue weighted by atomic mass is 9.94. The van der Waals surface area contributed by atoms with E-state index in [1.165, 1.54) is 5.56 Å². The van der Waals surface area contributed by atoms with Crippen LogP contribution < -0.4 is 10.1 Å². The first kappa shape index (κ1) is 23.1. The molecule has 33 heavy (non-hydrogen) atoms. The summed E-state index contributed by atoms with van der Waals surface area (Å²) in [6.07, 6.45) is 5.88. The third-order valence-electron chi connectivity index (χ3n) is 5.69. The van der Waals surface area contributed by atoms with Crippen molar-refractivity contribution in [1.29, 1.82) is 0 Å². The smallest absolute Gasteiger partial charge is 0.228 e. The highest BCUT2D eigenvalue weighted by atomic mass is 16.5. The van der Waals surface area contributed by atoms with E-state index in [4.69, 9.17) is 14.5 Å². The largest absolute Gasteiger partial charge is 0.491 e. The van der Waals surface area contributed by atoms with E-state index < -0.39 is 0 Å². The fraction of sp³-hybridized carbons (Fsp3) is 0.423. The zero-order chi connectivity index (χ0) is 23.0. The molecule has 4 rings (SSSR count). The Kier molecular flexibility index (Phi) is 7.86. The maximum Gasteiger partial charge on any atom is 0.228 e. The van der Waals surface area contributed by atoms with Crippen molar-refractivity contribution < 1.29 is 9.47 Å². The van der Waals surface area contributed by atoms with Gasteiger partial charge in [0.05, 0.1) is 12.7 Å². The molecule has 1 aliphatic rings. The number of likely N-dealkylation sites (tertiary alicyclic amines) is 1. The van der Waals surface area contributed by atoms with Gasteiger partial charge in [0, 0.05) is 49.8 Å². The van der Waals surface area contributed by atoms with Gasteiger partial charge in [0.2, 0.25) is 5.95 Å². The Hall–Kier alpha value is -3.03. The average molecular weight is 448 g/mol. The number of nitrogens with zero attached hydrogens (tertiary/aromatic N) is 4. The van der Waals surface area contributed by atoms with Crippen molar-refractivity contribution in [2.24, 2.45) is 0 Å². The van der Waals surface area contributed by atoms with Crippen LogP contribution in [0.3, 0.4) is 0 Å². The molecule has 7 heteroatoms. The molecule has 1 unspecified atom stereocenters. The molecule has 1 fully saturated rings. The number of ether oxygens (including phenoxy) is 2. The van der Waals surface area contributed by atoms with Crippen LogP contribution in [0.4, 0.5) is 11.8 Å². The minimum absolute atomic E-state index is 0.139. The molecule has 1 aliphatic heterocycles. The molecule has 3 heterocycles. The van der Waals surface area contributed by atoms with Crippen molar-refractivity contribution >= 4 is 11.8 Å². The van der Waals surface area contributed by atoms with Crippen LogP contribution in [0.2, 0.25) is 0 Å². The van der Waals surface area contributed by atoms with Crippen LogP contribution in [0.5, 0.6) is 5.75 Å². The molecule has 0 radical (unpaired) electrons.